The van der Waals surface area contributed by atoms with Crippen LogP contribution in [0.15, 0.2) is 24.3 Å². The van der Waals surface area contributed by atoms with Gasteiger partial charge >= 0.3 is 0 Å². The molecule has 0 heterocycles. The Morgan fingerprint density at radius 2 is 1.88 bits per heavy atom. The molecule has 42 valence electrons. The van der Waals surface area contributed by atoms with Gasteiger partial charge in [0.15, 0.2) is 0 Å². The maximum Gasteiger partial charge on any atom is 0.0449 e. The zero-order valence-electron chi connectivity index (χ0n) is 4.26. The van der Waals surface area contributed by atoms with Crippen LogP contribution in [-0.4, -0.2) is 0 Å². The third-order valence-corrected chi connectivity index (χ3v) is 1.89. The van der Waals surface area contributed by atoms with Crippen LogP contribution in [0.5, 0.6) is 0 Å². The van der Waals surface area contributed by atoms with E-state index in [-0.39, 0.29) is 0 Å². The molecule has 0 aliphatic heterocycles. The van der Waals surface area contributed by atoms with Crippen molar-refractivity contribution in [3.63, 3.8) is 0 Å². The van der Waals surface area contributed by atoms with Crippen LogP contribution in [0.4, 0.5) is 5.69 Å². The first-order valence-electron chi connectivity index (χ1n) is 2.31. The second-order valence-corrected chi connectivity index (χ2v) is 2.68. The number of benzene rings is 1. The summed E-state index contributed by atoms with van der Waals surface area (Å²) >= 11 is 2.20. The Balaban J connectivity index is 3.13. The molecule has 0 unspecified atom stereocenters. The van der Waals surface area contributed by atoms with Gasteiger partial charge in [0, 0.05) is 9.26 Å². The van der Waals surface area contributed by atoms with Crippen molar-refractivity contribution in [2.45, 2.75) is 0 Å². The average molecular weight is 225 g/mol. The molecule has 0 fully saturated rings. The van der Waals surface area contributed by atoms with E-state index in [0.717, 1.165) is 9.26 Å². The second kappa shape index (κ2) is 2.35. The highest BCUT2D eigenvalue weighted by molar-refractivity contribution is 14.1. The fraction of sp³-hybridized carbons (Fsp3) is 0. The number of nitrogens with two attached hydrogens (primary N) is 1. The van der Waals surface area contributed by atoms with E-state index < -0.39 is 0 Å². The highest BCUT2D eigenvalue weighted by Gasteiger charge is 1.86. The van der Waals surface area contributed by atoms with Crippen molar-refractivity contribution in [2.24, 2.45) is 0 Å². The van der Waals surface area contributed by atoms with Gasteiger partial charge in [0.2, 0.25) is 0 Å². The molecule has 2 N–H and O–H groups in total. The number of hydrogen-bond donors (Lipinski definition) is 1. The molecule has 0 saturated heterocycles. The van der Waals surface area contributed by atoms with Gasteiger partial charge in [-0.05, 0) is 34.7 Å². The van der Waals surface area contributed by atoms with E-state index in [1.54, 1.807) is 0 Å². The second-order valence-electron chi connectivity index (χ2n) is 1.52. The van der Waals surface area contributed by atoms with E-state index in [1.807, 2.05) is 24.3 Å². The summed E-state index contributed by atoms with van der Waals surface area (Å²) < 4.78 is 1.12. The summed E-state index contributed by atoms with van der Waals surface area (Å²) in [7, 11) is 0. The van der Waals surface area contributed by atoms with Gasteiger partial charge in [-0.1, -0.05) is 12.1 Å². The highest BCUT2D eigenvalue weighted by atomic mass is 127. The summed E-state index contributed by atoms with van der Waals surface area (Å²) in [5.74, 6) is 0. The van der Waals surface area contributed by atoms with Gasteiger partial charge in [-0.25, -0.2) is 0 Å². The lowest BCUT2D eigenvalue weighted by Crippen LogP contribution is -1.85. The number of halogens is 1. The fourth-order valence-electron chi connectivity index (χ4n) is 0.475. The minimum Gasteiger partial charge on any atom is -0.398 e. The zero-order chi connectivity index (χ0) is 5.98. The molecule has 0 spiro atoms. The minimum absolute atomic E-state index is 0.855. The predicted molar refractivity (Wildman–Crippen MR) is 43.6 cm³/mol. The Labute approximate surface area is 62.0 Å². The molecule has 1 aromatic carbocycles. The van der Waals surface area contributed by atoms with Crippen LogP contribution >= 0.6 is 22.6 Å². The van der Waals surface area contributed by atoms with Crippen LogP contribution in [0.1, 0.15) is 0 Å². The minimum atomic E-state index is 0.855. The van der Waals surface area contributed by atoms with E-state index in [9.17, 15) is 0 Å². The van der Waals surface area contributed by atoms with Crippen LogP contribution in [0, 0.1) is 3.57 Å². The van der Waals surface area contributed by atoms with Crippen molar-refractivity contribution in [3.05, 3.63) is 27.8 Å². The number of nitrogen functional groups attached to an aromatic ring is 1. The number of hydrogen-bond acceptors (Lipinski definition) is 1. The van der Waals surface area contributed by atoms with Crippen molar-refractivity contribution in [2.75, 3.05) is 5.73 Å². The lowest BCUT2D eigenvalue weighted by molar-refractivity contribution is 1.63. The van der Waals surface area contributed by atoms with Crippen LogP contribution < -0.4 is 5.73 Å². The monoisotopic (exact) mass is 225 g/mol. The lowest BCUT2D eigenvalue weighted by Gasteiger charge is -1.91. The zero-order valence-corrected chi connectivity index (χ0v) is 6.42. The summed E-state index contributed by atoms with van der Waals surface area (Å²) in [6, 6.07) is 7.77. The molecule has 0 radical (unpaired) electrons. The Morgan fingerprint density at radius 3 is 2.25 bits per heavy atom. The molecule has 1 nitrogen and oxygen atoms in total. The first kappa shape index (κ1) is 5.88. The van der Waals surface area contributed by atoms with Crippen molar-refractivity contribution in [1.82, 2.24) is 0 Å². The van der Waals surface area contributed by atoms with Crippen LogP contribution in [0.25, 0.3) is 0 Å². The van der Waals surface area contributed by atoms with Crippen LogP contribution in [-0.2, 0) is 0 Å². The SMILES string of the molecule is N[13c]1[13cH][13cH][13cH][13cH][13c]1I. The third-order valence-electron chi connectivity index (χ3n) is 0.905. The van der Waals surface area contributed by atoms with Gasteiger partial charge in [0.1, 0.15) is 0 Å². The van der Waals surface area contributed by atoms with E-state index in [4.69, 9.17) is 5.73 Å². The van der Waals surface area contributed by atoms with Gasteiger partial charge in [0.25, 0.3) is 0 Å². The predicted octanol–water partition coefficient (Wildman–Crippen LogP) is 1.87. The van der Waals surface area contributed by atoms with E-state index in [1.165, 1.54) is 0 Å². The van der Waals surface area contributed by atoms with Crippen molar-refractivity contribution < 1.29 is 0 Å². The Morgan fingerprint density at radius 1 is 1.25 bits per heavy atom. The van der Waals surface area contributed by atoms with Crippen LogP contribution in [0.2, 0.25) is 0 Å². The summed E-state index contributed by atoms with van der Waals surface area (Å²) in [6.07, 6.45) is 0. The first-order valence-corrected chi connectivity index (χ1v) is 3.38. The lowest BCUT2D eigenvalue weighted by atomic mass is 11.3. The Bertz CT molecular complexity index is 165. The first-order chi connectivity index (χ1) is 3.80. The summed E-state index contributed by atoms with van der Waals surface area (Å²) in [6.45, 7) is 0. The maximum atomic E-state index is 5.51. The molecule has 1 rings (SSSR count). The van der Waals surface area contributed by atoms with Crippen molar-refractivity contribution in [3.8, 4) is 0 Å². The Kier molecular flexibility index (Phi) is 1.73. The third kappa shape index (κ3) is 1.12. The molecule has 0 aromatic heterocycles. The topological polar surface area (TPSA) is 26.0 Å². The van der Waals surface area contributed by atoms with Gasteiger partial charge in [-0.2, -0.15) is 0 Å². The summed E-state index contributed by atoms with van der Waals surface area (Å²) in [4.78, 5) is 0. The number of rotatable bonds is 0. The molecule has 8 heavy (non-hydrogen) atoms. The number of anilines is 1. The van der Waals surface area contributed by atoms with Gasteiger partial charge in [-0.3, -0.25) is 0 Å². The highest BCUT2D eigenvalue weighted by Crippen LogP contribution is 2.11. The molecule has 0 amide bonds. The van der Waals surface area contributed by atoms with Gasteiger partial charge in [0.05, 0.1) is 0 Å². The van der Waals surface area contributed by atoms with E-state index >= 15 is 0 Å². The van der Waals surface area contributed by atoms with Crippen molar-refractivity contribution in [1.29, 1.82) is 0 Å². The van der Waals surface area contributed by atoms with Crippen molar-refractivity contribution >= 4 is 28.3 Å². The molecule has 0 aliphatic rings. The van der Waals surface area contributed by atoms with E-state index in [0.29, 0.717) is 0 Å². The smallest absolute Gasteiger partial charge is 0.0449 e. The number of para-hydroxylation sites is 1. The summed E-state index contributed by atoms with van der Waals surface area (Å²) in [5, 5.41) is 0. The molecule has 1 aromatic rings. The van der Waals surface area contributed by atoms with Gasteiger partial charge < -0.3 is 5.73 Å². The Hall–Kier alpha value is -0.250. The fourth-order valence-corrected chi connectivity index (χ4v) is 0.862. The average Bonchev–Trinajstić information content (AvgIpc) is 1.77. The molecule has 0 aliphatic carbocycles. The molecular weight excluding hydrogens is 219 g/mol. The summed E-state index contributed by atoms with van der Waals surface area (Å²) in [5.41, 5.74) is 6.37. The van der Waals surface area contributed by atoms with Crippen LogP contribution in [0.3, 0.4) is 0 Å². The van der Waals surface area contributed by atoms with Gasteiger partial charge in [-0.15, -0.1) is 0 Å². The molecular formula is C6H6IN. The maximum absolute atomic E-state index is 5.51. The standard InChI is InChI=1S/C6H6IN/c7-5-3-1-2-4-6(5)8/h1-4H,8H2/i1+1,2+1,3+1,4+1,5+1,6+1. The normalized spacial score (nSPS) is 9.12. The molecule has 2 heteroatoms. The molecule has 0 atom stereocenters. The largest absolute Gasteiger partial charge is 0.398 e. The van der Waals surface area contributed by atoms with E-state index in [2.05, 4.69) is 22.6 Å². The quantitative estimate of drug-likeness (QED) is 0.529. The molecule has 0 saturated carbocycles. The molecule has 0 bridgehead atoms.